The zero-order valence-corrected chi connectivity index (χ0v) is 34.4. The third-order valence-corrected chi connectivity index (χ3v) is 10.1. The van der Waals surface area contributed by atoms with Gasteiger partial charge in [-0.3, -0.25) is 13.8 Å². The standard InChI is InChI=1S/C42H81O9P/c1-3-5-7-9-11-13-15-17-19-20-21-23-25-27-29-31-33-35-48-38-41(39-50-52(46,47)49-37-40(44)36-43)51-42(45)34-32-30-28-26-24-22-18-16-14-12-10-8-6-4-2/h10,12,16,18,40-41,43-44H,3-9,11,13-15,17,19-39H2,1-2H3,(H,46,47)/b12-10-,18-16-. The molecule has 0 aromatic rings. The Labute approximate surface area is 319 Å². The summed E-state index contributed by atoms with van der Waals surface area (Å²) in [6, 6.07) is 0. The number of hydrogen-bond donors (Lipinski definition) is 3. The summed E-state index contributed by atoms with van der Waals surface area (Å²) < 4.78 is 33.3. The maximum absolute atomic E-state index is 12.6. The first-order valence-corrected chi connectivity index (χ1v) is 22.8. The smallest absolute Gasteiger partial charge is 0.457 e. The van der Waals surface area contributed by atoms with E-state index in [1.54, 1.807) is 0 Å². The fourth-order valence-corrected chi connectivity index (χ4v) is 6.63. The number of unbranched alkanes of at least 4 members (excludes halogenated alkanes) is 23. The van der Waals surface area contributed by atoms with Crippen molar-refractivity contribution in [3.8, 4) is 0 Å². The molecule has 0 bridgehead atoms. The maximum atomic E-state index is 12.6. The van der Waals surface area contributed by atoms with E-state index in [9.17, 15) is 19.4 Å². The number of ether oxygens (including phenoxy) is 2. The minimum Gasteiger partial charge on any atom is -0.457 e. The third-order valence-electron chi connectivity index (χ3n) is 9.14. The van der Waals surface area contributed by atoms with Gasteiger partial charge in [0.1, 0.15) is 12.2 Å². The Hall–Kier alpha value is -1.06. The molecule has 0 fully saturated rings. The average Bonchev–Trinajstić information content (AvgIpc) is 3.13. The highest BCUT2D eigenvalue weighted by atomic mass is 31.2. The van der Waals surface area contributed by atoms with Crippen molar-refractivity contribution in [2.24, 2.45) is 0 Å². The first kappa shape index (κ1) is 50.9. The molecule has 0 aliphatic heterocycles. The van der Waals surface area contributed by atoms with E-state index in [0.29, 0.717) is 13.0 Å². The zero-order valence-electron chi connectivity index (χ0n) is 33.5. The second kappa shape index (κ2) is 39.6. The Morgan fingerprint density at radius 3 is 1.60 bits per heavy atom. The Morgan fingerprint density at radius 2 is 1.06 bits per heavy atom. The van der Waals surface area contributed by atoms with Crippen molar-refractivity contribution in [3.05, 3.63) is 24.3 Å². The van der Waals surface area contributed by atoms with Gasteiger partial charge in [0.05, 0.1) is 26.4 Å². The topological polar surface area (TPSA) is 132 Å². The van der Waals surface area contributed by atoms with Crippen LogP contribution in [-0.2, 0) is 27.9 Å². The molecule has 9 nitrogen and oxygen atoms in total. The minimum atomic E-state index is -4.51. The van der Waals surface area contributed by atoms with Gasteiger partial charge in [0, 0.05) is 13.0 Å². The molecular formula is C42H81O9P. The average molecular weight is 761 g/mol. The highest BCUT2D eigenvalue weighted by Gasteiger charge is 2.26. The summed E-state index contributed by atoms with van der Waals surface area (Å²) in [6.07, 6.45) is 39.9. The van der Waals surface area contributed by atoms with Crippen LogP contribution in [0, 0.1) is 0 Å². The summed E-state index contributed by atoms with van der Waals surface area (Å²) in [5.41, 5.74) is 0. The summed E-state index contributed by atoms with van der Waals surface area (Å²) in [5, 5.41) is 18.3. The summed E-state index contributed by atoms with van der Waals surface area (Å²) in [7, 11) is -4.51. The summed E-state index contributed by atoms with van der Waals surface area (Å²) in [5.74, 6) is -0.394. The van der Waals surface area contributed by atoms with Gasteiger partial charge in [-0.05, 0) is 38.5 Å². The molecule has 0 aliphatic rings. The van der Waals surface area contributed by atoms with Crippen molar-refractivity contribution >= 4 is 13.8 Å². The van der Waals surface area contributed by atoms with Crippen LogP contribution >= 0.6 is 7.82 Å². The van der Waals surface area contributed by atoms with Crippen molar-refractivity contribution < 1.29 is 43.0 Å². The summed E-state index contributed by atoms with van der Waals surface area (Å²) in [4.78, 5) is 22.5. The van der Waals surface area contributed by atoms with E-state index < -0.39 is 39.2 Å². The van der Waals surface area contributed by atoms with E-state index in [0.717, 1.165) is 57.8 Å². The molecule has 3 N–H and O–H groups in total. The lowest BCUT2D eigenvalue weighted by Gasteiger charge is -2.20. The number of rotatable bonds is 41. The molecule has 3 unspecified atom stereocenters. The number of phosphoric ester groups is 1. The number of aliphatic hydroxyl groups is 2. The van der Waals surface area contributed by atoms with Gasteiger partial charge in [0.15, 0.2) is 0 Å². The lowest BCUT2D eigenvalue weighted by Crippen LogP contribution is -2.29. The van der Waals surface area contributed by atoms with Crippen molar-refractivity contribution in [3.63, 3.8) is 0 Å². The van der Waals surface area contributed by atoms with Crippen LogP contribution in [0.15, 0.2) is 24.3 Å². The van der Waals surface area contributed by atoms with Crippen LogP contribution in [0.3, 0.4) is 0 Å². The summed E-state index contributed by atoms with van der Waals surface area (Å²) >= 11 is 0. The molecule has 0 radical (unpaired) electrons. The molecule has 308 valence electrons. The van der Waals surface area contributed by atoms with Crippen molar-refractivity contribution in [1.82, 2.24) is 0 Å². The van der Waals surface area contributed by atoms with Gasteiger partial charge >= 0.3 is 13.8 Å². The monoisotopic (exact) mass is 761 g/mol. The van der Waals surface area contributed by atoms with Crippen LogP contribution in [0.2, 0.25) is 0 Å². The number of carbonyl (C=O) groups excluding carboxylic acids is 1. The molecular weight excluding hydrogens is 679 g/mol. The molecule has 52 heavy (non-hydrogen) atoms. The molecule has 0 heterocycles. The lowest BCUT2D eigenvalue weighted by atomic mass is 10.0. The van der Waals surface area contributed by atoms with Gasteiger partial charge in [0.2, 0.25) is 0 Å². The van der Waals surface area contributed by atoms with Crippen LogP contribution in [0.4, 0.5) is 0 Å². The molecule has 0 aliphatic carbocycles. The molecule has 0 aromatic heterocycles. The van der Waals surface area contributed by atoms with Crippen LogP contribution in [0.25, 0.3) is 0 Å². The SMILES string of the molecule is CCCC/C=C\C/C=C\CCCCCCCC(=O)OC(COCCCCCCCCCCCCCCCCCCC)COP(=O)(O)OCC(O)CO. The normalized spacial score (nSPS) is 14.3. The van der Waals surface area contributed by atoms with E-state index in [1.807, 2.05) is 0 Å². The van der Waals surface area contributed by atoms with Gasteiger partial charge in [-0.2, -0.15) is 0 Å². The van der Waals surface area contributed by atoms with Crippen LogP contribution in [0.5, 0.6) is 0 Å². The van der Waals surface area contributed by atoms with E-state index >= 15 is 0 Å². The third kappa shape index (κ3) is 38.7. The first-order chi connectivity index (χ1) is 25.3. The maximum Gasteiger partial charge on any atom is 0.472 e. The Balaban J connectivity index is 4.16. The number of hydrogen-bond acceptors (Lipinski definition) is 8. The molecule has 0 spiro atoms. The van der Waals surface area contributed by atoms with Crippen LogP contribution < -0.4 is 0 Å². The molecule has 0 aromatic carbocycles. The van der Waals surface area contributed by atoms with Crippen molar-refractivity contribution in [1.29, 1.82) is 0 Å². The predicted octanol–water partition coefficient (Wildman–Crippen LogP) is 11.5. The predicted molar refractivity (Wildman–Crippen MR) is 214 cm³/mol. The van der Waals surface area contributed by atoms with Crippen LogP contribution in [-0.4, -0.2) is 66.3 Å². The van der Waals surface area contributed by atoms with E-state index in [-0.39, 0.29) is 19.6 Å². The number of carbonyl (C=O) groups is 1. The van der Waals surface area contributed by atoms with E-state index in [1.165, 1.54) is 109 Å². The lowest BCUT2D eigenvalue weighted by molar-refractivity contribution is -0.154. The first-order valence-electron chi connectivity index (χ1n) is 21.3. The van der Waals surface area contributed by atoms with Crippen molar-refractivity contribution in [2.45, 2.75) is 206 Å². The minimum absolute atomic E-state index is 0.0475. The number of esters is 1. The molecule has 0 saturated heterocycles. The summed E-state index contributed by atoms with van der Waals surface area (Å²) in [6.45, 7) is 3.48. The fourth-order valence-electron chi connectivity index (χ4n) is 5.84. The number of allylic oxidation sites excluding steroid dienone is 4. The molecule has 0 saturated carbocycles. The highest BCUT2D eigenvalue weighted by Crippen LogP contribution is 2.43. The van der Waals surface area contributed by atoms with Gasteiger partial charge in [0.25, 0.3) is 0 Å². The Kier molecular flexibility index (Phi) is 38.8. The number of phosphoric acid groups is 1. The van der Waals surface area contributed by atoms with E-state index in [2.05, 4.69) is 38.2 Å². The van der Waals surface area contributed by atoms with Crippen molar-refractivity contribution in [2.75, 3.05) is 33.0 Å². The molecule has 10 heteroatoms. The second-order valence-electron chi connectivity index (χ2n) is 14.4. The second-order valence-corrected chi connectivity index (χ2v) is 15.8. The molecule has 0 rings (SSSR count). The molecule has 0 amide bonds. The van der Waals surface area contributed by atoms with Gasteiger partial charge in [-0.25, -0.2) is 4.57 Å². The van der Waals surface area contributed by atoms with Crippen LogP contribution in [0.1, 0.15) is 194 Å². The number of aliphatic hydroxyl groups excluding tert-OH is 2. The Morgan fingerprint density at radius 1 is 0.596 bits per heavy atom. The van der Waals surface area contributed by atoms with E-state index in [4.69, 9.17) is 23.6 Å². The Bertz CT molecular complexity index is 866. The van der Waals surface area contributed by atoms with Gasteiger partial charge < -0.3 is 24.6 Å². The van der Waals surface area contributed by atoms with Gasteiger partial charge in [-0.15, -0.1) is 0 Å². The van der Waals surface area contributed by atoms with Gasteiger partial charge in [-0.1, -0.05) is 173 Å². The largest absolute Gasteiger partial charge is 0.472 e. The molecule has 3 atom stereocenters. The quantitative estimate of drug-likeness (QED) is 0.0241. The zero-order chi connectivity index (χ0) is 38.2. The highest BCUT2D eigenvalue weighted by molar-refractivity contribution is 7.47. The fraction of sp³-hybridized carbons (Fsp3) is 0.881.